The van der Waals surface area contributed by atoms with Crippen molar-refractivity contribution in [3.63, 3.8) is 0 Å². The van der Waals surface area contributed by atoms with E-state index in [0.29, 0.717) is 18.7 Å². The molecule has 2 aromatic rings. The highest BCUT2D eigenvalue weighted by Crippen LogP contribution is 2.46. The summed E-state index contributed by atoms with van der Waals surface area (Å²) in [6, 6.07) is 8.43. The number of halogens is 2. The van der Waals surface area contributed by atoms with Crippen LogP contribution in [0.5, 0.6) is 5.88 Å². The first-order chi connectivity index (χ1) is 12.0. The van der Waals surface area contributed by atoms with Crippen LogP contribution in [0.2, 0.25) is 0 Å². The molecule has 0 aliphatic carbocycles. The highest BCUT2D eigenvalue weighted by molar-refractivity contribution is 8.01. The third-order valence-corrected chi connectivity index (χ3v) is 6.09. The average molecular weight is 362 g/mol. The summed E-state index contributed by atoms with van der Waals surface area (Å²) < 4.78 is 32.2. The van der Waals surface area contributed by atoms with Crippen LogP contribution in [0.3, 0.4) is 0 Å². The van der Waals surface area contributed by atoms with E-state index < -0.39 is 5.82 Å². The molecule has 0 saturated carbocycles. The van der Waals surface area contributed by atoms with Crippen molar-refractivity contribution in [3.05, 3.63) is 59.8 Å². The standard InChI is InChI=1S/C18H16F2N2O2S/c19-13-5-3-12(4-6-13)17(23)22-10-18(11-22)8-14(9-25-18)24-16-15(20)2-1-7-21-16/h1-7,14H,8-11H2. The van der Waals surface area contributed by atoms with Crippen molar-refractivity contribution >= 4 is 17.7 Å². The zero-order valence-corrected chi connectivity index (χ0v) is 14.1. The fourth-order valence-electron chi connectivity index (χ4n) is 3.28. The molecule has 0 radical (unpaired) electrons. The summed E-state index contributed by atoms with van der Waals surface area (Å²) in [5.74, 6) is -0.135. The maximum absolute atomic E-state index is 13.6. The van der Waals surface area contributed by atoms with E-state index in [4.69, 9.17) is 4.74 Å². The van der Waals surface area contributed by atoms with Gasteiger partial charge in [0.1, 0.15) is 11.9 Å². The Bertz CT molecular complexity index is 794. The molecule has 1 aromatic heterocycles. The number of amides is 1. The lowest BCUT2D eigenvalue weighted by molar-refractivity contribution is 0.0514. The van der Waals surface area contributed by atoms with Crippen LogP contribution < -0.4 is 4.74 Å². The molecule has 130 valence electrons. The van der Waals surface area contributed by atoms with Crippen LogP contribution in [-0.4, -0.2) is 45.5 Å². The van der Waals surface area contributed by atoms with E-state index in [9.17, 15) is 13.6 Å². The number of pyridine rings is 1. The second-order valence-corrected chi connectivity index (χ2v) is 7.88. The van der Waals surface area contributed by atoms with Crippen molar-refractivity contribution in [2.45, 2.75) is 17.3 Å². The number of benzene rings is 1. The van der Waals surface area contributed by atoms with Crippen LogP contribution in [0.1, 0.15) is 16.8 Å². The molecule has 1 aromatic carbocycles. The Morgan fingerprint density at radius 1 is 1.24 bits per heavy atom. The van der Waals surface area contributed by atoms with Crippen LogP contribution in [0, 0.1) is 11.6 Å². The van der Waals surface area contributed by atoms with Crippen LogP contribution >= 0.6 is 11.8 Å². The second-order valence-electron chi connectivity index (χ2n) is 6.40. The molecule has 25 heavy (non-hydrogen) atoms. The van der Waals surface area contributed by atoms with Gasteiger partial charge in [0.25, 0.3) is 11.8 Å². The molecule has 2 aliphatic rings. The fraction of sp³-hybridized carbons (Fsp3) is 0.333. The van der Waals surface area contributed by atoms with Crippen molar-refractivity contribution in [2.24, 2.45) is 0 Å². The smallest absolute Gasteiger partial charge is 0.253 e. The minimum absolute atomic E-state index is 0.0312. The minimum atomic E-state index is -0.463. The number of hydrogen-bond donors (Lipinski definition) is 0. The van der Waals surface area contributed by atoms with Crippen LogP contribution in [0.4, 0.5) is 8.78 Å². The lowest BCUT2D eigenvalue weighted by Gasteiger charge is -2.47. The fourth-order valence-corrected chi connectivity index (χ4v) is 4.81. The van der Waals surface area contributed by atoms with E-state index in [0.717, 1.165) is 12.2 Å². The summed E-state index contributed by atoms with van der Waals surface area (Å²) in [5.41, 5.74) is 0.489. The van der Waals surface area contributed by atoms with Gasteiger partial charge in [0.05, 0.1) is 4.75 Å². The van der Waals surface area contributed by atoms with Gasteiger partial charge in [-0.1, -0.05) is 0 Å². The van der Waals surface area contributed by atoms with Crippen LogP contribution in [-0.2, 0) is 0 Å². The molecular weight excluding hydrogens is 346 g/mol. The van der Waals surface area contributed by atoms with Gasteiger partial charge < -0.3 is 9.64 Å². The summed E-state index contributed by atoms with van der Waals surface area (Å²) in [6.07, 6.45) is 2.14. The normalized spacial score (nSPS) is 21.2. The quantitative estimate of drug-likeness (QED) is 0.841. The Morgan fingerprint density at radius 2 is 2.00 bits per heavy atom. The molecule has 1 atom stereocenters. The number of carbonyl (C=O) groups is 1. The number of thioether (sulfide) groups is 1. The Labute approximate surface area is 148 Å². The second kappa shape index (κ2) is 6.29. The van der Waals surface area contributed by atoms with Gasteiger partial charge in [-0.15, -0.1) is 11.8 Å². The van der Waals surface area contributed by atoms with Gasteiger partial charge >= 0.3 is 0 Å². The molecule has 2 aliphatic heterocycles. The zero-order valence-electron chi connectivity index (χ0n) is 13.3. The summed E-state index contributed by atoms with van der Waals surface area (Å²) >= 11 is 1.75. The van der Waals surface area contributed by atoms with E-state index in [1.165, 1.54) is 42.6 Å². The Kier molecular flexibility index (Phi) is 4.11. The summed E-state index contributed by atoms with van der Waals surface area (Å²) in [4.78, 5) is 18.1. The molecular formula is C18H16F2N2O2S. The van der Waals surface area contributed by atoms with Crippen LogP contribution in [0.15, 0.2) is 42.6 Å². The van der Waals surface area contributed by atoms with Crippen molar-refractivity contribution in [1.29, 1.82) is 0 Å². The van der Waals surface area contributed by atoms with Gasteiger partial charge in [0.2, 0.25) is 0 Å². The largest absolute Gasteiger partial charge is 0.471 e. The van der Waals surface area contributed by atoms with E-state index in [-0.39, 0.29) is 28.5 Å². The first-order valence-corrected chi connectivity index (χ1v) is 8.99. The summed E-state index contributed by atoms with van der Waals surface area (Å²) in [5, 5.41) is 0. The minimum Gasteiger partial charge on any atom is -0.471 e. The molecule has 1 spiro atoms. The Hall–Kier alpha value is -2.15. The molecule has 2 saturated heterocycles. The topological polar surface area (TPSA) is 42.4 Å². The lowest BCUT2D eigenvalue weighted by Crippen LogP contribution is -2.60. The predicted molar refractivity (Wildman–Crippen MR) is 90.7 cm³/mol. The number of ether oxygens (including phenoxy) is 1. The van der Waals surface area contributed by atoms with E-state index in [2.05, 4.69) is 4.98 Å². The lowest BCUT2D eigenvalue weighted by atomic mass is 9.92. The van der Waals surface area contributed by atoms with Crippen molar-refractivity contribution < 1.29 is 18.3 Å². The molecule has 0 N–H and O–H groups in total. The third kappa shape index (κ3) is 3.20. The van der Waals surface area contributed by atoms with Gasteiger partial charge in [-0.05, 0) is 36.4 Å². The number of aromatic nitrogens is 1. The van der Waals surface area contributed by atoms with Gasteiger partial charge in [0.15, 0.2) is 5.82 Å². The molecule has 7 heteroatoms. The Balaban J connectivity index is 1.35. The maximum atomic E-state index is 13.6. The number of nitrogens with zero attached hydrogens (tertiary/aromatic N) is 2. The number of hydrogen-bond acceptors (Lipinski definition) is 4. The monoisotopic (exact) mass is 362 g/mol. The SMILES string of the molecule is O=C(c1ccc(F)cc1)N1CC2(CC(Oc3ncccc3F)CS2)C1. The van der Waals surface area contributed by atoms with Crippen LogP contribution in [0.25, 0.3) is 0 Å². The van der Waals surface area contributed by atoms with E-state index >= 15 is 0 Å². The first kappa shape index (κ1) is 16.3. The van der Waals surface area contributed by atoms with Gasteiger partial charge in [-0.2, -0.15) is 0 Å². The molecule has 1 amide bonds. The third-order valence-electron chi connectivity index (χ3n) is 4.51. The first-order valence-electron chi connectivity index (χ1n) is 8.01. The summed E-state index contributed by atoms with van der Waals surface area (Å²) in [7, 11) is 0. The molecule has 3 heterocycles. The van der Waals surface area contributed by atoms with E-state index in [1.807, 2.05) is 0 Å². The van der Waals surface area contributed by atoms with E-state index in [1.54, 1.807) is 16.7 Å². The van der Waals surface area contributed by atoms with Crippen molar-refractivity contribution in [2.75, 3.05) is 18.8 Å². The zero-order chi connectivity index (χ0) is 17.4. The van der Waals surface area contributed by atoms with Gasteiger partial charge in [-0.25, -0.2) is 13.8 Å². The maximum Gasteiger partial charge on any atom is 0.253 e. The molecule has 2 fully saturated rings. The predicted octanol–water partition coefficient (Wildman–Crippen LogP) is 3.14. The summed E-state index contributed by atoms with van der Waals surface area (Å²) in [6.45, 7) is 1.25. The van der Waals surface area contributed by atoms with Crippen molar-refractivity contribution in [3.8, 4) is 5.88 Å². The molecule has 4 rings (SSSR count). The molecule has 1 unspecified atom stereocenters. The van der Waals surface area contributed by atoms with Crippen molar-refractivity contribution in [1.82, 2.24) is 9.88 Å². The Morgan fingerprint density at radius 3 is 2.72 bits per heavy atom. The number of likely N-dealkylation sites (tertiary alicyclic amines) is 1. The average Bonchev–Trinajstić information content (AvgIpc) is 3.00. The highest BCUT2D eigenvalue weighted by atomic mass is 32.2. The molecule has 4 nitrogen and oxygen atoms in total. The number of rotatable bonds is 3. The molecule has 0 bridgehead atoms. The number of carbonyl (C=O) groups excluding carboxylic acids is 1. The highest BCUT2D eigenvalue weighted by Gasteiger charge is 2.51. The van der Waals surface area contributed by atoms with Gasteiger partial charge in [-0.3, -0.25) is 4.79 Å². The van der Waals surface area contributed by atoms with Gasteiger partial charge in [0, 0.05) is 37.0 Å².